The molecule has 5 nitrogen and oxygen atoms in total. The van der Waals surface area contributed by atoms with Crippen molar-refractivity contribution in [3.8, 4) is 0 Å². The molecule has 0 radical (unpaired) electrons. The van der Waals surface area contributed by atoms with E-state index in [4.69, 9.17) is 13.3 Å². The zero-order valence-electron chi connectivity index (χ0n) is 17.8. The second-order valence-electron chi connectivity index (χ2n) is 9.26. The zero-order chi connectivity index (χ0) is 20.1. The smallest absolute Gasteiger partial charge is 0.339 e. The van der Waals surface area contributed by atoms with Gasteiger partial charge >= 0.3 is 5.97 Å². The number of rotatable bonds is 11. The first-order chi connectivity index (χ1) is 11.0. The van der Waals surface area contributed by atoms with E-state index < -0.39 is 36.9 Å². The molecule has 0 amide bonds. The van der Waals surface area contributed by atoms with Crippen LogP contribution >= 0.6 is 0 Å². The lowest BCUT2D eigenvalue weighted by molar-refractivity contribution is -0.242. The first-order valence-corrected chi connectivity index (χ1v) is 20.7. The summed E-state index contributed by atoms with van der Waals surface area (Å²) >= 11 is 0. The maximum absolute atomic E-state index is 12.1. The molecule has 0 aliphatic carbocycles. The highest BCUT2D eigenvalue weighted by Crippen LogP contribution is 2.36. The molecular formula is C16H38O5Si4. The van der Waals surface area contributed by atoms with E-state index >= 15 is 0 Å². The first kappa shape index (κ1) is 25.0. The summed E-state index contributed by atoms with van der Waals surface area (Å²) < 4.78 is 19.1. The molecule has 0 atom stereocenters. The van der Waals surface area contributed by atoms with Crippen LogP contribution in [-0.2, 0) is 18.1 Å². The molecular weight excluding hydrogens is 385 g/mol. The van der Waals surface area contributed by atoms with Crippen molar-refractivity contribution in [1.82, 2.24) is 0 Å². The van der Waals surface area contributed by atoms with E-state index in [9.17, 15) is 9.90 Å². The molecule has 0 bridgehead atoms. The Morgan fingerprint density at radius 2 is 1.28 bits per heavy atom. The van der Waals surface area contributed by atoms with Crippen LogP contribution in [0.3, 0.4) is 0 Å². The van der Waals surface area contributed by atoms with Gasteiger partial charge in [0.1, 0.15) is 5.57 Å². The summed E-state index contributed by atoms with van der Waals surface area (Å²) in [6, 6.07) is 1.13. The van der Waals surface area contributed by atoms with E-state index in [1.54, 1.807) is 6.08 Å². The average Bonchev–Trinajstić information content (AvgIpc) is 2.26. The van der Waals surface area contributed by atoms with E-state index in [1.165, 1.54) is 0 Å². The molecule has 9 heteroatoms. The maximum atomic E-state index is 12.1. The number of unbranched alkanes of at least 4 members (excludes halogenated alkanes) is 1. The molecule has 0 aliphatic heterocycles. The molecule has 0 aromatic carbocycles. The normalized spacial score (nSPS) is 14.8. The Labute approximate surface area is 160 Å². The molecule has 0 rings (SSSR count). The van der Waals surface area contributed by atoms with Crippen LogP contribution in [0.15, 0.2) is 11.6 Å². The maximum Gasteiger partial charge on any atom is 0.339 e. The van der Waals surface area contributed by atoms with Crippen LogP contribution in [0.4, 0.5) is 0 Å². The molecule has 0 saturated heterocycles. The minimum Gasteiger partial charge on any atom is -0.478 e. The van der Waals surface area contributed by atoms with Crippen LogP contribution in [0, 0.1) is 0 Å². The number of aliphatic carboxylic acids is 1. The molecule has 0 saturated carbocycles. The van der Waals surface area contributed by atoms with Gasteiger partial charge in [0.15, 0.2) is 25.0 Å². The molecule has 0 spiro atoms. The summed E-state index contributed by atoms with van der Waals surface area (Å²) in [5.74, 6) is -2.63. The number of hydrogen-bond acceptors (Lipinski definition) is 4. The number of allylic oxidation sites excluding steroid dienone is 1. The van der Waals surface area contributed by atoms with Crippen molar-refractivity contribution in [3.63, 3.8) is 0 Å². The summed E-state index contributed by atoms with van der Waals surface area (Å²) in [6.45, 7) is 18.3. The lowest BCUT2D eigenvalue weighted by Gasteiger charge is -2.45. The summed E-state index contributed by atoms with van der Waals surface area (Å²) in [6.07, 6.45) is 3.43. The third-order valence-corrected chi connectivity index (χ3v) is 6.14. The van der Waals surface area contributed by atoms with Crippen LogP contribution in [0.5, 0.6) is 0 Å². The Balaban J connectivity index is 6.33. The Hall–Kier alpha value is -0.0425. The molecule has 0 aliphatic rings. The fourth-order valence-corrected chi connectivity index (χ4v) is 5.89. The molecule has 148 valence electrons. The molecule has 0 fully saturated rings. The van der Waals surface area contributed by atoms with Crippen molar-refractivity contribution >= 4 is 41.2 Å². The minimum atomic E-state index is -2.15. The highest BCUT2D eigenvalue weighted by atomic mass is 28.4. The molecule has 0 unspecified atom stereocenters. The lowest BCUT2D eigenvalue weighted by atomic mass is 10.1. The molecule has 25 heavy (non-hydrogen) atoms. The van der Waals surface area contributed by atoms with Crippen LogP contribution in [-0.4, -0.2) is 52.2 Å². The predicted octanol–water partition coefficient (Wildman–Crippen LogP) is 3.77. The van der Waals surface area contributed by atoms with Gasteiger partial charge in [0.05, 0.1) is 0 Å². The van der Waals surface area contributed by atoms with Crippen LogP contribution in [0.25, 0.3) is 0 Å². The first-order valence-electron chi connectivity index (χ1n) is 9.06. The highest BCUT2D eigenvalue weighted by Gasteiger charge is 2.50. The van der Waals surface area contributed by atoms with Gasteiger partial charge in [-0.2, -0.15) is 0 Å². The largest absolute Gasteiger partial charge is 0.478 e. The van der Waals surface area contributed by atoms with Gasteiger partial charge < -0.3 is 18.4 Å². The van der Waals surface area contributed by atoms with Gasteiger partial charge in [0.2, 0.25) is 0 Å². The van der Waals surface area contributed by atoms with Crippen molar-refractivity contribution in [3.05, 3.63) is 11.6 Å². The van der Waals surface area contributed by atoms with Crippen molar-refractivity contribution in [2.45, 2.75) is 83.8 Å². The quantitative estimate of drug-likeness (QED) is 0.238. The van der Waals surface area contributed by atoms with Gasteiger partial charge in [-0.25, -0.2) is 4.79 Å². The van der Waals surface area contributed by atoms with Crippen molar-refractivity contribution in [2.75, 3.05) is 0 Å². The predicted molar refractivity (Wildman–Crippen MR) is 116 cm³/mol. The fourth-order valence-electron chi connectivity index (χ4n) is 2.23. The molecule has 0 heterocycles. The topological polar surface area (TPSA) is 65.0 Å². The number of hydrogen-bond donors (Lipinski definition) is 1. The van der Waals surface area contributed by atoms with Crippen LogP contribution in [0.1, 0.15) is 12.8 Å². The second-order valence-corrected chi connectivity index (χ2v) is 23.6. The zero-order valence-corrected chi connectivity index (χ0v) is 22.8. The van der Waals surface area contributed by atoms with Gasteiger partial charge in [-0.1, -0.05) is 18.5 Å². The SMILES string of the molecule is C[Si](C)(C)OC(O[Si](C)(C)C)(O[Si](C)(C)C)C(=CCCC[SiH3])C(=O)O. The van der Waals surface area contributed by atoms with Gasteiger partial charge in [-0.15, -0.1) is 0 Å². The minimum absolute atomic E-state index is 0.106. The van der Waals surface area contributed by atoms with Crippen molar-refractivity contribution in [2.24, 2.45) is 0 Å². The molecule has 0 aromatic rings. The van der Waals surface area contributed by atoms with Gasteiger partial charge in [0.25, 0.3) is 5.97 Å². The van der Waals surface area contributed by atoms with Crippen molar-refractivity contribution < 1.29 is 23.2 Å². The Bertz CT molecular complexity index is 432. The summed E-state index contributed by atoms with van der Waals surface area (Å²) in [5.41, 5.74) is 0.106. The van der Waals surface area contributed by atoms with E-state index in [0.29, 0.717) is 6.42 Å². The van der Waals surface area contributed by atoms with E-state index in [2.05, 4.69) is 0 Å². The van der Waals surface area contributed by atoms with Gasteiger partial charge in [-0.05, 0) is 65.3 Å². The summed E-state index contributed by atoms with van der Waals surface area (Å²) in [7, 11) is -5.34. The van der Waals surface area contributed by atoms with Crippen LogP contribution < -0.4 is 0 Å². The van der Waals surface area contributed by atoms with E-state index in [1.807, 2.05) is 58.9 Å². The third kappa shape index (κ3) is 10.6. The second kappa shape index (κ2) is 9.24. The monoisotopic (exact) mass is 422 g/mol. The van der Waals surface area contributed by atoms with Crippen LogP contribution in [0.2, 0.25) is 65.0 Å². The van der Waals surface area contributed by atoms with Gasteiger partial charge in [0, 0.05) is 10.2 Å². The third-order valence-electron chi connectivity index (χ3n) is 2.79. The Kier molecular flexibility index (Phi) is 9.23. The average molecular weight is 423 g/mol. The number of carbonyl (C=O) groups is 1. The standard InChI is InChI=1S/C16H38O5Si4/c1-23(2,3)19-16(20-24(4,5)6,21-25(7,8)9)14(15(17)18)12-10-11-13-22/h12H,10-11,13H2,1-9,22H3,(H,17,18). The number of carboxylic acids is 1. The Morgan fingerprint density at radius 3 is 1.52 bits per heavy atom. The van der Waals surface area contributed by atoms with Crippen molar-refractivity contribution in [1.29, 1.82) is 0 Å². The van der Waals surface area contributed by atoms with E-state index in [-0.39, 0.29) is 5.57 Å². The highest BCUT2D eigenvalue weighted by molar-refractivity contribution is 6.72. The van der Waals surface area contributed by atoms with Gasteiger partial charge in [-0.3, -0.25) is 0 Å². The fraction of sp³-hybridized carbons (Fsp3) is 0.812. The Morgan fingerprint density at radius 1 is 0.920 bits per heavy atom. The van der Waals surface area contributed by atoms with E-state index in [0.717, 1.165) is 22.7 Å². The summed E-state index contributed by atoms with van der Waals surface area (Å²) in [5, 5.41) is 9.95. The molecule has 0 aromatic heterocycles. The molecule has 1 N–H and O–H groups in total. The lowest BCUT2D eigenvalue weighted by Crippen LogP contribution is -2.58. The summed E-state index contributed by atoms with van der Waals surface area (Å²) in [4.78, 5) is 12.1. The number of carboxylic acid groups (broad SMARTS) is 1.